The highest BCUT2D eigenvalue weighted by Crippen LogP contribution is 2.46. The number of rotatable bonds is 16. The maximum atomic E-state index is 13.7. The van der Waals surface area contributed by atoms with E-state index in [-0.39, 0.29) is 25.0 Å². The van der Waals surface area contributed by atoms with Gasteiger partial charge in [0.1, 0.15) is 23.8 Å². The van der Waals surface area contributed by atoms with Crippen LogP contribution in [0.25, 0.3) is 0 Å². The molecule has 0 spiro atoms. The minimum absolute atomic E-state index is 0.128. The van der Waals surface area contributed by atoms with Crippen molar-refractivity contribution in [2.45, 2.75) is 68.9 Å². The van der Waals surface area contributed by atoms with Crippen LogP contribution < -0.4 is 4.90 Å². The van der Waals surface area contributed by atoms with E-state index in [4.69, 9.17) is 9.47 Å². The number of amides is 1. The molecule has 2 saturated heterocycles. The van der Waals surface area contributed by atoms with Gasteiger partial charge in [0.25, 0.3) is 10.1 Å². The van der Waals surface area contributed by atoms with Crippen molar-refractivity contribution in [3.63, 3.8) is 0 Å². The highest BCUT2D eigenvalue weighted by Gasteiger charge is 2.48. The first kappa shape index (κ1) is 35.7. The third-order valence-electron chi connectivity index (χ3n) is 9.34. The van der Waals surface area contributed by atoms with E-state index in [1.54, 1.807) is 30.9 Å². The summed E-state index contributed by atoms with van der Waals surface area (Å²) in [7, 11) is -4.37. The molecule has 2 N–H and O–H groups in total. The Bertz CT molecular complexity index is 1680. The second-order valence-electron chi connectivity index (χ2n) is 13.1. The summed E-state index contributed by atoms with van der Waals surface area (Å²) in [6.07, 6.45) is 0.659. The van der Waals surface area contributed by atoms with E-state index in [2.05, 4.69) is 0 Å². The first-order valence-electron chi connectivity index (χ1n) is 16.1. The molecule has 48 heavy (non-hydrogen) atoms. The largest absolute Gasteiger partial charge is 0.388 e. The number of hydrogen-bond acceptors (Lipinski definition) is 7. The molecular formula is C36H41F2NO8S. The number of aliphatic hydroxyl groups is 1. The van der Waals surface area contributed by atoms with Gasteiger partial charge in [-0.2, -0.15) is 8.42 Å². The summed E-state index contributed by atoms with van der Waals surface area (Å²) in [6, 6.07) is 18.8. The first-order valence-corrected chi connectivity index (χ1v) is 17.6. The van der Waals surface area contributed by atoms with Crippen LogP contribution in [0.4, 0.5) is 14.5 Å². The van der Waals surface area contributed by atoms with Crippen LogP contribution in [0.3, 0.4) is 0 Å². The molecule has 3 aromatic carbocycles. The fraction of sp³-hybridized carbons (Fsp3) is 0.444. The van der Waals surface area contributed by atoms with Gasteiger partial charge < -0.3 is 19.5 Å². The Labute approximate surface area is 279 Å². The number of anilines is 1. The van der Waals surface area contributed by atoms with Gasteiger partial charge in [-0.15, -0.1) is 0 Å². The molecule has 258 valence electrons. The van der Waals surface area contributed by atoms with Gasteiger partial charge in [0.2, 0.25) is 5.91 Å². The lowest BCUT2D eigenvalue weighted by Gasteiger charge is -2.48. The number of carbonyl (C=O) groups excluding carboxylic acids is 2. The van der Waals surface area contributed by atoms with E-state index in [9.17, 15) is 36.4 Å². The number of ether oxygens (including phenoxy) is 2. The molecule has 2 heterocycles. The van der Waals surface area contributed by atoms with Gasteiger partial charge in [0, 0.05) is 12.1 Å². The van der Waals surface area contributed by atoms with Crippen molar-refractivity contribution in [1.82, 2.24) is 0 Å². The molecule has 0 aromatic heterocycles. The maximum absolute atomic E-state index is 13.7. The number of β-lactam (4-membered cyclic amide) rings is 1. The molecule has 9 nitrogen and oxygen atoms in total. The van der Waals surface area contributed by atoms with Crippen LogP contribution in [0, 0.1) is 23.5 Å². The van der Waals surface area contributed by atoms with Gasteiger partial charge >= 0.3 is 0 Å². The Morgan fingerprint density at radius 3 is 2.15 bits per heavy atom. The SMILES string of the molecule is CC(C)C(CC(=O)COC1(CCc2ccc([C@@H]3[C@@H](CC[C@H](O)c4ccc(F)cc4)C(=O)N3c3ccc(F)cc3)cc2)COC1)S(=O)(=O)O. The average molecular weight is 686 g/mol. The quantitative estimate of drug-likeness (QED) is 0.144. The molecule has 2 aliphatic rings. The predicted molar refractivity (Wildman–Crippen MR) is 175 cm³/mol. The van der Waals surface area contributed by atoms with Gasteiger partial charge in [0.15, 0.2) is 5.78 Å². The first-order chi connectivity index (χ1) is 22.8. The standard InChI is InChI=1S/C36H41F2NO8S/c1-23(2)33(48(43,44)45)19-30(40)20-47-36(21-46-22-36)18-17-24-3-5-26(6-4-24)34-31(15-16-32(41)25-7-9-27(37)10-8-25)35(42)39(34)29-13-11-28(38)12-14-29/h3-14,23,31-34,41H,15-22H2,1-2H3,(H,43,44,45)/t31-,32+,33?,34-/m1/s1. The van der Waals surface area contributed by atoms with E-state index >= 15 is 0 Å². The number of nitrogens with zero attached hydrogens (tertiary/aromatic N) is 1. The fourth-order valence-corrected chi connectivity index (χ4v) is 7.46. The van der Waals surface area contributed by atoms with Gasteiger partial charge in [-0.05, 0) is 84.7 Å². The van der Waals surface area contributed by atoms with Crippen molar-refractivity contribution < 1.29 is 45.9 Å². The van der Waals surface area contributed by atoms with Crippen molar-refractivity contribution >= 4 is 27.5 Å². The number of aliphatic hydroxyl groups excluding tert-OH is 1. The summed E-state index contributed by atoms with van der Waals surface area (Å²) in [5.74, 6) is -2.21. The molecule has 0 radical (unpaired) electrons. The van der Waals surface area contributed by atoms with Crippen LogP contribution in [0.15, 0.2) is 72.8 Å². The third-order valence-corrected chi connectivity index (χ3v) is 10.8. The number of hydrogen-bond donors (Lipinski definition) is 2. The monoisotopic (exact) mass is 685 g/mol. The lowest BCUT2D eigenvalue weighted by atomic mass is 9.78. The molecule has 1 amide bonds. The molecule has 5 rings (SSSR count). The van der Waals surface area contributed by atoms with Crippen LogP contribution in [0.2, 0.25) is 0 Å². The summed E-state index contributed by atoms with van der Waals surface area (Å²) in [4.78, 5) is 27.6. The maximum Gasteiger partial charge on any atom is 0.268 e. The number of halogens is 2. The van der Waals surface area contributed by atoms with Crippen molar-refractivity contribution in [2.24, 2.45) is 11.8 Å². The van der Waals surface area contributed by atoms with Gasteiger partial charge in [-0.1, -0.05) is 50.2 Å². The van der Waals surface area contributed by atoms with E-state index < -0.39 is 56.3 Å². The Morgan fingerprint density at radius 2 is 1.60 bits per heavy atom. The molecule has 1 unspecified atom stereocenters. The summed E-state index contributed by atoms with van der Waals surface area (Å²) < 4.78 is 71.2. The summed E-state index contributed by atoms with van der Waals surface area (Å²) >= 11 is 0. The molecule has 0 aliphatic carbocycles. The predicted octanol–water partition coefficient (Wildman–Crippen LogP) is 5.77. The third kappa shape index (κ3) is 8.35. The molecular weight excluding hydrogens is 644 g/mol. The van der Waals surface area contributed by atoms with E-state index in [1.807, 2.05) is 24.3 Å². The van der Waals surface area contributed by atoms with Gasteiger partial charge in [-0.25, -0.2) is 8.78 Å². The van der Waals surface area contributed by atoms with Crippen molar-refractivity contribution in [3.8, 4) is 0 Å². The Kier molecular flexibility index (Phi) is 11.1. The number of Topliss-reactive ketones (excluding diaryl/α,β-unsaturated/α-hetero) is 1. The number of benzene rings is 3. The Morgan fingerprint density at radius 1 is 1.00 bits per heavy atom. The topological polar surface area (TPSA) is 130 Å². The fourth-order valence-electron chi connectivity index (χ4n) is 6.37. The highest BCUT2D eigenvalue weighted by molar-refractivity contribution is 7.86. The van der Waals surface area contributed by atoms with Crippen LogP contribution in [-0.2, 0) is 35.6 Å². The van der Waals surface area contributed by atoms with E-state index in [0.29, 0.717) is 50.1 Å². The minimum atomic E-state index is -4.37. The van der Waals surface area contributed by atoms with E-state index in [1.165, 1.54) is 36.4 Å². The zero-order valence-electron chi connectivity index (χ0n) is 26.9. The number of ketones is 1. The smallest absolute Gasteiger partial charge is 0.268 e. The minimum Gasteiger partial charge on any atom is -0.388 e. The molecule has 12 heteroatoms. The summed E-state index contributed by atoms with van der Waals surface area (Å²) in [5, 5.41) is 9.53. The number of carbonyl (C=O) groups is 2. The molecule has 0 bridgehead atoms. The van der Waals surface area contributed by atoms with Crippen LogP contribution in [0.5, 0.6) is 0 Å². The van der Waals surface area contributed by atoms with Gasteiger partial charge in [-0.3, -0.25) is 14.1 Å². The zero-order valence-corrected chi connectivity index (χ0v) is 27.7. The number of aryl methyl sites for hydroxylation is 1. The van der Waals surface area contributed by atoms with Crippen LogP contribution in [-0.4, -0.2) is 60.4 Å². The molecule has 4 atom stereocenters. The summed E-state index contributed by atoms with van der Waals surface area (Å²) in [5.41, 5.74) is 2.33. The van der Waals surface area contributed by atoms with Gasteiger partial charge in [0.05, 0.1) is 36.5 Å². The van der Waals surface area contributed by atoms with Crippen LogP contribution in [0.1, 0.15) is 68.4 Å². The zero-order chi connectivity index (χ0) is 34.6. The molecule has 2 fully saturated rings. The van der Waals surface area contributed by atoms with E-state index in [0.717, 1.165) is 11.1 Å². The van der Waals surface area contributed by atoms with Crippen molar-refractivity contribution in [3.05, 3.63) is 101 Å². The Hall–Kier alpha value is -3.55. The molecule has 0 saturated carbocycles. The Balaban J connectivity index is 1.23. The average Bonchev–Trinajstić information content (AvgIpc) is 3.02. The van der Waals surface area contributed by atoms with Crippen molar-refractivity contribution in [2.75, 3.05) is 24.7 Å². The highest BCUT2D eigenvalue weighted by atomic mass is 32.2. The normalized spacial score (nSPS) is 20.2. The summed E-state index contributed by atoms with van der Waals surface area (Å²) in [6.45, 7) is 3.57. The van der Waals surface area contributed by atoms with Crippen LogP contribution >= 0.6 is 0 Å². The lowest BCUT2D eigenvalue weighted by molar-refractivity contribution is -0.211. The lowest BCUT2D eigenvalue weighted by Crippen LogP contribution is -2.55. The van der Waals surface area contributed by atoms with Crippen molar-refractivity contribution in [1.29, 1.82) is 0 Å². The second kappa shape index (κ2) is 14.9. The molecule has 3 aromatic rings. The second-order valence-corrected chi connectivity index (χ2v) is 14.8. The molecule has 2 aliphatic heterocycles.